The molecule has 0 heterocycles. The molecule has 0 aliphatic carbocycles. The van der Waals surface area contributed by atoms with Gasteiger partial charge in [-0.25, -0.2) is 4.39 Å². The predicted molar refractivity (Wildman–Crippen MR) is 112 cm³/mol. The molecule has 0 saturated carbocycles. The maximum absolute atomic E-state index is 14.8. The highest BCUT2D eigenvalue weighted by molar-refractivity contribution is 5.98. The van der Waals surface area contributed by atoms with E-state index in [-0.39, 0.29) is 5.75 Å². The SMILES string of the molecule is CC/C(=C(\c1ccc(OCCN)cc1)c1ccc(O)cc1F)c1ccccc1. The van der Waals surface area contributed by atoms with Gasteiger partial charge in [0.1, 0.15) is 23.9 Å². The third-order valence-electron chi connectivity index (χ3n) is 4.53. The van der Waals surface area contributed by atoms with E-state index in [0.717, 1.165) is 40.5 Å². The average molecular weight is 377 g/mol. The summed E-state index contributed by atoms with van der Waals surface area (Å²) in [5.41, 5.74) is 9.69. The fraction of sp³-hybridized carbons (Fsp3) is 0.167. The molecule has 0 spiro atoms. The van der Waals surface area contributed by atoms with Crippen molar-refractivity contribution in [2.45, 2.75) is 13.3 Å². The molecule has 3 aromatic carbocycles. The fourth-order valence-electron chi connectivity index (χ4n) is 3.26. The maximum atomic E-state index is 14.8. The van der Waals surface area contributed by atoms with E-state index in [4.69, 9.17) is 10.5 Å². The molecule has 0 fully saturated rings. The van der Waals surface area contributed by atoms with E-state index < -0.39 is 5.82 Å². The molecule has 3 N–H and O–H groups in total. The number of halogens is 1. The molecule has 3 rings (SSSR count). The van der Waals surface area contributed by atoms with Crippen molar-refractivity contribution in [1.82, 2.24) is 0 Å². The van der Waals surface area contributed by atoms with Gasteiger partial charge in [0.05, 0.1) is 0 Å². The lowest BCUT2D eigenvalue weighted by Crippen LogP contribution is -2.10. The molecule has 0 atom stereocenters. The standard InChI is InChI=1S/C24H24FNO2/c1-2-21(17-6-4-3-5-7-17)24(22-13-10-19(27)16-23(22)25)18-8-11-20(12-9-18)28-15-14-26/h3-13,16,27H,2,14-15,26H2,1H3/b24-21-. The second-order valence-corrected chi connectivity index (χ2v) is 6.40. The van der Waals surface area contributed by atoms with E-state index in [1.165, 1.54) is 6.07 Å². The number of benzene rings is 3. The highest BCUT2D eigenvalue weighted by atomic mass is 19.1. The van der Waals surface area contributed by atoms with Gasteiger partial charge in [0.2, 0.25) is 0 Å². The summed E-state index contributed by atoms with van der Waals surface area (Å²) < 4.78 is 20.4. The average Bonchev–Trinajstić information content (AvgIpc) is 2.72. The summed E-state index contributed by atoms with van der Waals surface area (Å²) in [6.07, 6.45) is 0.727. The minimum atomic E-state index is -0.458. The molecule has 0 unspecified atom stereocenters. The molecule has 28 heavy (non-hydrogen) atoms. The number of nitrogens with two attached hydrogens (primary N) is 1. The summed E-state index contributed by atoms with van der Waals surface area (Å²) in [7, 11) is 0. The van der Waals surface area contributed by atoms with E-state index >= 15 is 0 Å². The zero-order valence-electron chi connectivity index (χ0n) is 15.9. The Balaban J connectivity index is 2.18. The third-order valence-corrected chi connectivity index (χ3v) is 4.53. The number of rotatable bonds is 7. The Morgan fingerprint density at radius 2 is 1.68 bits per heavy atom. The summed E-state index contributed by atoms with van der Waals surface area (Å²) in [4.78, 5) is 0. The molecule has 0 radical (unpaired) electrons. The Bertz CT molecular complexity index is 950. The monoisotopic (exact) mass is 377 g/mol. The molecular formula is C24H24FNO2. The zero-order chi connectivity index (χ0) is 19.9. The van der Waals surface area contributed by atoms with Crippen molar-refractivity contribution in [3.8, 4) is 11.5 Å². The van der Waals surface area contributed by atoms with E-state index in [9.17, 15) is 9.50 Å². The lowest BCUT2D eigenvalue weighted by molar-refractivity contribution is 0.328. The molecular weight excluding hydrogens is 353 g/mol. The van der Waals surface area contributed by atoms with Crippen LogP contribution >= 0.6 is 0 Å². The van der Waals surface area contributed by atoms with Gasteiger partial charge in [-0.05, 0) is 53.0 Å². The Morgan fingerprint density at radius 3 is 2.29 bits per heavy atom. The molecule has 0 aliphatic heterocycles. The second kappa shape index (κ2) is 9.20. The lowest BCUT2D eigenvalue weighted by Gasteiger charge is -2.17. The van der Waals surface area contributed by atoms with Crippen LogP contribution in [0.3, 0.4) is 0 Å². The number of hydrogen-bond acceptors (Lipinski definition) is 3. The molecule has 3 nitrogen and oxygen atoms in total. The van der Waals surface area contributed by atoms with Gasteiger partial charge in [-0.1, -0.05) is 49.4 Å². The van der Waals surface area contributed by atoms with Gasteiger partial charge < -0.3 is 15.6 Å². The number of phenols is 1. The highest BCUT2D eigenvalue weighted by Gasteiger charge is 2.17. The number of aromatic hydroxyl groups is 1. The molecule has 0 bridgehead atoms. The van der Waals surface area contributed by atoms with E-state index in [2.05, 4.69) is 6.92 Å². The zero-order valence-corrected chi connectivity index (χ0v) is 15.9. The first-order chi connectivity index (χ1) is 13.6. The van der Waals surface area contributed by atoms with Gasteiger partial charge in [0.15, 0.2) is 0 Å². The van der Waals surface area contributed by atoms with Crippen molar-refractivity contribution < 1.29 is 14.2 Å². The Kier molecular flexibility index (Phi) is 6.45. The van der Waals surface area contributed by atoms with Crippen LogP contribution in [-0.2, 0) is 0 Å². The normalized spacial score (nSPS) is 11.8. The molecule has 0 saturated heterocycles. The Morgan fingerprint density at radius 1 is 0.964 bits per heavy atom. The first kappa shape index (κ1) is 19.6. The lowest BCUT2D eigenvalue weighted by atomic mass is 9.88. The fourth-order valence-corrected chi connectivity index (χ4v) is 3.26. The molecule has 4 heteroatoms. The summed E-state index contributed by atoms with van der Waals surface area (Å²) >= 11 is 0. The smallest absolute Gasteiger partial charge is 0.134 e. The predicted octanol–water partition coefficient (Wildman–Crippen LogP) is 5.24. The Hall–Kier alpha value is -3.11. The number of allylic oxidation sites excluding steroid dienone is 1. The van der Waals surface area contributed by atoms with Crippen molar-refractivity contribution in [3.63, 3.8) is 0 Å². The molecule has 0 aliphatic rings. The summed E-state index contributed by atoms with van der Waals surface area (Å²) in [6, 6.07) is 21.8. The Labute approximate surface area is 164 Å². The number of hydrogen-bond donors (Lipinski definition) is 2. The van der Waals surface area contributed by atoms with Gasteiger partial charge in [-0.2, -0.15) is 0 Å². The van der Waals surface area contributed by atoms with Crippen LogP contribution in [0.4, 0.5) is 4.39 Å². The van der Waals surface area contributed by atoms with Crippen LogP contribution in [0.2, 0.25) is 0 Å². The van der Waals surface area contributed by atoms with Gasteiger partial charge in [0, 0.05) is 18.2 Å². The first-order valence-electron chi connectivity index (χ1n) is 9.34. The quantitative estimate of drug-likeness (QED) is 0.554. The minimum Gasteiger partial charge on any atom is -0.508 e. The van der Waals surface area contributed by atoms with Crippen molar-refractivity contribution in [2.24, 2.45) is 5.73 Å². The highest BCUT2D eigenvalue weighted by Crippen LogP contribution is 2.36. The van der Waals surface area contributed by atoms with Gasteiger partial charge in [0.25, 0.3) is 0 Å². The maximum Gasteiger partial charge on any atom is 0.134 e. The summed E-state index contributed by atoms with van der Waals surface area (Å²) in [6.45, 7) is 2.94. The first-order valence-corrected chi connectivity index (χ1v) is 9.34. The van der Waals surface area contributed by atoms with E-state index in [0.29, 0.717) is 18.7 Å². The number of ether oxygens (including phenoxy) is 1. The number of phenolic OH excluding ortho intramolecular Hbond substituents is 1. The second-order valence-electron chi connectivity index (χ2n) is 6.40. The van der Waals surface area contributed by atoms with Crippen LogP contribution < -0.4 is 10.5 Å². The largest absolute Gasteiger partial charge is 0.508 e. The summed E-state index contributed by atoms with van der Waals surface area (Å²) in [5.74, 6) is 0.168. The third kappa shape index (κ3) is 4.41. The molecule has 0 amide bonds. The summed E-state index contributed by atoms with van der Waals surface area (Å²) in [5, 5.41) is 9.64. The van der Waals surface area contributed by atoms with E-state index in [1.54, 1.807) is 6.07 Å². The van der Waals surface area contributed by atoms with Crippen molar-refractivity contribution >= 4 is 11.1 Å². The van der Waals surface area contributed by atoms with Crippen LogP contribution in [0.1, 0.15) is 30.0 Å². The van der Waals surface area contributed by atoms with Crippen molar-refractivity contribution in [3.05, 3.63) is 95.3 Å². The van der Waals surface area contributed by atoms with E-state index in [1.807, 2.05) is 54.6 Å². The van der Waals surface area contributed by atoms with Crippen molar-refractivity contribution in [1.29, 1.82) is 0 Å². The molecule has 144 valence electrons. The van der Waals surface area contributed by atoms with Crippen LogP contribution in [0.15, 0.2) is 72.8 Å². The van der Waals surface area contributed by atoms with Crippen LogP contribution in [-0.4, -0.2) is 18.3 Å². The minimum absolute atomic E-state index is 0.0936. The van der Waals surface area contributed by atoms with Crippen LogP contribution in [0, 0.1) is 5.82 Å². The molecule has 0 aromatic heterocycles. The van der Waals surface area contributed by atoms with Crippen molar-refractivity contribution in [2.75, 3.05) is 13.2 Å². The topological polar surface area (TPSA) is 55.5 Å². The van der Waals surface area contributed by atoms with Crippen LogP contribution in [0.5, 0.6) is 11.5 Å². The van der Waals surface area contributed by atoms with Gasteiger partial charge in [-0.3, -0.25) is 0 Å². The molecule has 3 aromatic rings. The van der Waals surface area contributed by atoms with Gasteiger partial charge >= 0.3 is 0 Å². The van der Waals surface area contributed by atoms with Gasteiger partial charge in [-0.15, -0.1) is 0 Å². The van der Waals surface area contributed by atoms with Crippen LogP contribution in [0.25, 0.3) is 11.1 Å².